The van der Waals surface area contributed by atoms with Gasteiger partial charge in [0.15, 0.2) is 6.04 Å². The molecular formula is C10H8N2O. The summed E-state index contributed by atoms with van der Waals surface area (Å²) in [6.07, 6.45) is 3.18. The molecule has 1 aromatic rings. The van der Waals surface area contributed by atoms with Crippen molar-refractivity contribution in [3.63, 3.8) is 0 Å². The Hall–Kier alpha value is -1.95. The first-order chi connectivity index (χ1) is 6.36. The van der Waals surface area contributed by atoms with Crippen molar-refractivity contribution >= 4 is 6.08 Å². The Bertz CT molecular complexity index is 338. The Labute approximate surface area is 76.3 Å². The third-order valence-corrected chi connectivity index (χ3v) is 1.52. The molecule has 1 unspecified atom stereocenters. The number of nitrogens with zero attached hydrogens (tertiary/aromatic N) is 2. The van der Waals surface area contributed by atoms with Crippen LogP contribution in [0.15, 0.2) is 41.6 Å². The van der Waals surface area contributed by atoms with Crippen LogP contribution in [0, 0.1) is 16.2 Å². The second-order valence-electron chi connectivity index (χ2n) is 2.45. The molecule has 0 saturated carbocycles. The number of rotatable bonds is 3. The second kappa shape index (κ2) is 4.83. The van der Waals surface area contributed by atoms with Crippen molar-refractivity contribution in [3.05, 3.63) is 46.9 Å². The van der Waals surface area contributed by atoms with Gasteiger partial charge in [-0.1, -0.05) is 36.4 Å². The van der Waals surface area contributed by atoms with Gasteiger partial charge >= 0.3 is 0 Å². The smallest absolute Gasteiger partial charge is 0.195 e. The van der Waals surface area contributed by atoms with Crippen LogP contribution in [-0.2, 0) is 0 Å². The lowest BCUT2D eigenvalue weighted by Gasteiger charge is -1.91. The normalized spacial score (nSPS) is 12.2. The minimum absolute atomic E-state index is 0.889. The quantitative estimate of drug-likeness (QED) is 0.657. The van der Waals surface area contributed by atoms with Gasteiger partial charge in [0.05, 0.1) is 6.07 Å². The minimum Gasteiger partial charge on any atom is -0.195 e. The fraction of sp³-hybridized carbons (Fsp3) is 0.100. The van der Waals surface area contributed by atoms with Crippen molar-refractivity contribution in [2.24, 2.45) is 5.18 Å². The molecule has 3 heteroatoms. The molecule has 3 nitrogen and oxygen atoms in total. The highest BCUT2D eigenvalue weighted by Crippen LogP contribution is 2.02. The molecule has 0 aromatic heterocycles. The van der Waals surface area contributed by atoms with Crippen LogP contribution in [-0.4, -0.2) is 6.04 Å². The maximum absolute atomic E-state index is 10.0. The van der Waals surface area contributed by atoms with E-state index in [9.17, 15) is 4.91 Å². The van der Waals surface area contributed by atoms with E-state index in [4.69, 9.17) is 5.26 Å². The van der Waals surface area contributed by atoms with Gasteiger partial charge in [-0.3, -0.25) is 0 Å². The number of nitriles is 1. The van der Waals surface area contributed by atoms with Crippen LogP contribution in [0.2, 0.25) is 0 Å². The monoisotopic (exact) mass is 172 g/mol. The first kappa shape index (κ1) is 9.14. The lowest BCUT2D eigenvalue weighted by atomic mass is 10.2. The van der Waals surface area contributed by atoms with Crippen molar-refractivity contribution < 1.29 is 0 Å². The molecular weight excluding hydrogens is 164 g/mol. The summed E-state index contributed by atoms with van der Waals surface area (Å²) in [7, 11) is 0. The number of nitroso groups, excluding NO2 is 1. The summed E-state index contributed by atoms with van der Waals surface area (Å²) in [5, 5.41) is 11.0. The molecule has 0 aliphatic rings. The molecule has 0 N–H and O–H groups in total. The van der Waals surface area contributed by atoms with Gasteiger partial charge in [0, 0.05) is 0 Å². The molecule has 0 aliphatic heterocycles. The zero-order valence-corrected chi connectivity index (χ0v) is 6.92. The van der Waals surface area contributed by atoms with E-state index in [0.717, 1.165) is 5.56 Å². The summed E-state index contributed by atoms with van der Waals surface area (Å²) in [5.74, 6) is 0. The third-order valence-electron chi connectivity index (χ3n) is 1.52. The van der Waals surface area contributed by atoms with E-state index < -0.39 is 6.04 Å². The number of hydrogen-bond acceptors (Lipinski definition) is 3. The maximum atomic E-state index is 10.0. The van der Waals surface area contributed by atoms with Crippen LogP contribution < -0.4 is 0 Å². The van der Waals surface area contributed by atoms with Gasteiger partial charge in [-0.05, 0) is 16.8 Å². The molecule has 0 aliphatic carbocycles. The lowest BCUT2D eigenvalue weighted by molar-refractivity contribution is 1.03. The topological polar surface area (TPSA) is 53.2 Å². The first-order valence-electron chi connectivity index (χ1n) is 3.82. The fourth-order valence-corrected chi connectivity index (χ4v) is 0.868. The van der Waals surface area contributed by atoms with Gasteiger partial charge in [0.1, 0.15) is 0 Å². The molecule has 0 bridgehead atoms. The van der Waals surface area contributed by atoms with Crippen molar-refractivity contribution in [1.29, 1.82) is 5.26 Å². The van der Waals surface area contributed by atoms with Crippen molar-refractivity contribution in [3.8, 4) is 6.07 Å². The average Bonchev–Trinajstić information content (AvgIpc) is 2.21. The van der Waals surface area contributed by atoms with Crippen LogP contribution in [0.5, 0.6) is 0 Å². The highest BCUT2D eigenvalue weighted by Gasteiger charge is 1.98. The molecule has 13 heavy (non-hydrogen) atoms. The van der Waals surface area contributed by atoms with Crippen molar-refractivity contribution in [2.45, 2.75) is 6.04 Å². The summed E-state index contributed by atoms with van der Waals surface area (Å²) in [5.41, 5.74) is 0.950. The first-order valence-corrected chi connectivity index (χ1v) is 3.82. The van der Waals surface area contributed by atoms with Crippen molar-refractivity contribution in [1.82, 2.24) is 0 Å². The average molecular weight is 172 g/mol. The summed E-state index contributed by atoms with van der Waals surface area (Å²) in [6.45, 7) is 0. The highest BCUT2D eigenvalue weighted by atomic mass is 16.3. The minimum atomic E-state index is -0.889. The Kier molecular flexibility index (Phi) is 3.40. The summed E-state index contributed by atoms with van der Waals surface area (Å²) in [6, 6.07) is 10.3. The zero-order valence-electron chi connectivity index (χ0n) is 6.92. The number of hydrogen-bond donors (Lipinski definition) is 0. The van der Waals surface area contributed by atoms with E-state index in [2.05, 4.69) is 5.18 Å². The third kappa shape index (κ3) is 2.88. The molecule has 0 spiro atoms. The van der Waals surface area contributed by atoms with Gasteiger partial charge in [-0.2, -0.15) is 5.26 Å². The van der Waals surface area contributed by atoms with Crippen LogP contribution >= 0.6 is 0 Å². The predicted molar refractivity (Wildman–Crippen MR) is 50.7 cm³/mol. The molecule has 0 saturated heterocycles. The SMILES string of the molecule is N#CC(C=Cc1ccccc1)N=O. The Balaban J connectivity index is 2.69. The zero-order chi connectivity index (χ0) is 9.52. The van der Waals surface area contributed by atoms with Crippen molar-refractivity contribution in [2.75, 3.05) is 0 Å². The molecule has 0 amide bonds. The van der Waals surface area contributed by atoms with E-state index in [1.54, 1.807) is 12.1 Å². The summed E-state index contributed by atoms with van der Waals surface area (Å²) >= 11 is 0. The number of benzene rings is 1. The van der Waals surface area contributed by atoms with Gasteiger partial charge in [0.25, 0.3) is 0 Å². The predicted octanol–water partition coefficient (Wildman–Crippen LogP) is 2.36. The molecule has 1 atom stereocenters. The molecule has 0 radical (unpaired) electrons. The van der Waals surface area contributed by atoms with Gasteiger partial charge in [-0.15, -0.1) is 4.91 Å². The molecule has 0 heterocycles. The Morgan fingerprint density at radius 2 is 2.08 bits per heavy atom. The van der Waals surface area contributed by atoms with Gasteiger partial charge in [0.2, 0.25) is 0 Å². The molecule has 64 valence electrons. The molecule has 0 fully saturated rings. The van der Waals surface area contributed by atoms with E-state index in [-0.39, 0.29) is 0 Å². The van der Waals surface area contributed by atoms with Gasteiger partial charge in [-0.25, -0.2) is 0 Å². The van der Waals surface area contributed by atoms with E-state index in [0.29, 0.717) is 0 Å². The second-order valence-corrected chi connectivity index (χ2v) is 2.45. The Morgan fingerprint density at radius 1 is 1.38 bits per heavy atom. The van der Waals surface area contributed by atoms with E-state index >= 15 is 0 Å². The summed E-state index contributed by atoms with van der Waals surface area (Å²) < 4.78 is 0. The fourth-order valence-electron chi connectivity index (χ4n) is 0.868. The van der Waals surface area contributed by atoms with Crippen LogP contribution in [0.25, 0.3) is 6.08 Å². The van der Waals surface area contributed by atoms with E-state index in [1.165, 1.54) is 6.08 Å². The van der Waals surface area contributed by atoms with Gasteiger partial charge < -0.3 is 0 Å². The lowest BCUT2D eigenvalue weighted by Crippen LogP contribution is -1.91. The maximum Gasteiger partial charge on any atom is 0.196 e. The van der Waals surface area contributed by atoms with Crippen LogP contribution in [0.3, 0.4) is 0 Å². The van der Waals surface area contributed by atoms with E-state index in [1.807, 2.05) is 30.3 Å². The largest absolute Gasteiger partial charge is 0.196 e. The highest BCUT2D eigenvalue weighted by molar-refractivity contribution is 5.50. The molecule has 1 aromatic carbocycles. The van der Waals surface area contributed by atoms with Crippen LogP contribution in [0.4, 0.5) is 0 Å². The standard InChI is InChI=1S/C10H8N2O/c11-8-10(12-13)7-6-9-4-2-1-3-5-9/h1-7,10H. The molecule has 1 rings (SSSR count). The Morgan fingerprint density at radius 3 is 2.62 bits per heavy atom. The van der Waals surface area contributed by atoms with Crippen LogP contribution in [0.1, 0.15) is 5.56 Å². The summed E-state index contributed by atoms with van der Waals surface area (Å²) in [4.78, 5) is 10.0.